The first kappa shape index (κ1) is 14.6. The van der Waals surface area contributed by atoms with Crippen LogP contribution in [-0.4, -0.2) is 24.2 Å². The molecule has 0 amide bonds. The molecule has 1 atom stereocenters. The maximum Gasteiger partial charge on any atom is 0.142 e. The van der Waals surface area contributed by atoms with Gasteiger partial charge in [0.2, 0.25) is 0 Å². The van der Waals surface area contributed by atoms with E-state index in [9.17, 15) is 0 Å². The van der Waals surface area contributed by atoms with Gasteiger partial charge in [-0.2, -0.15) is 11.8 Å². The summed E-state index contributed by atoms with van der Waals surface area (Å²) in [6.45, 7) is 7.63. The second kappa shape index (κ2) is 6.56. The van der Waals surface area contributed by atoms with Crippen LogP contribution in [0.2, 0.25) is 0 Å². The second-order valence-corrected chi connectivity index (χ2v) is 7.10. The molecule has 2 nitrogen and oxygen atoms in total. The molecule has 3 heteroatoms. The van der Waals surface area contributed by atoms with Gasteiger partial charge in [0.05, 0.1) is 12.3 Å². The van der Waals surface area contributed by atoms with E-state index in [1.54, 1.807) is 0 Å². The molecule has 2 rings (SSSR count). The monoisotopic (exact) mass is 279 g/mol. The first-order chi connectivity index (χ1) is 9.11. The SMILES string of the molecule is CCCOc1ccccc1NC1CSCC(C)(C)C1. The molecule has 1 aliphatic rings. The second-order valence-electron chi connectivity index (χ2n) is 6.07. The number of ether oxygens (including phenoxy) is 1. The van der Waals surface area contributed by atoms with Crippen molar-refractivity contribution in [3.8, 4) is 5.75 Å². The lowest BCUT2D eigenvalue weighted by molar-refractivity contribution is 0.317. The number of nitrogens with one attached hydrogen (secondary N) is 1. The van der Waals surface area contributed by atoms with E-state index in [1.807, 2.05) is 17.8 Å². The van der Waals surface area contributed by atoms with Crippen LogP contribution in [0.3, 0.4) is 0 Å². The molecule has 1 fully saturated rings. The van der Waals surface area contributed by atoms with Gasteiger partial charge in [-0.15, -0.1) is 0 Å². The molecule has 1 aliphatic heterocycles. The van der Waals surface area contributed by atoms with Crippen molar-refractivity contribution in [2.75, 3.05) is 23.4 Å². The Morgan fingerprint density at radius 1 is 1.37 bits per heavy atom. The first-order valence-corrected chi connectivity index (χ1v) is 8.32. The Morgan fingerprint density at radius 2 is 2.16 bits per heavy atom. The standard InChI is InChI=1S/C16H25NOS/c1-4-9-18-15-8-6-5-7-14(15)17-13-10-16(2,3)12-19-11-13/h5-8,13,17H,4,9-12H2,1-3H3. The van der Waals surface area contributed by atoms with E-state index in [1.165, 1.54) is 17.9 Å². The highest BCUT2D eigenvalue weighted by atomic mass is 32.2. The van der Waals surface area contributed by atoms with Gasteiger partial charge in [-0.1, -0.05) is 32.9 Å². The summed E-state index contributed by atoms with van der Waals surface area (Å²) in [6, 6.07) is 8.83. The van der Waals surface area contributed by atoms with Gasteiger partial charge in [-0.3, -0.25) is 0 Å². The molecule has 1 saturated heterocycles. The van der Waals surface area contributed by atoms with Crippen LogP contribution in [-0.2, 0) is 0 Å². The average molecular weight is 279 g/mol. The molecule has 0 radical (unpaired) electrons. The average Bonchev–Trinajstić information content (AvgIpc) is 2.36. The molecule has 1 unspecified atom stereocenters. The molecular weight excluding hydrogens is 254 g/mol. The fraction of sp³-hybridized carbons (Fsp3) is 0.625. The maximum atomic E-state index is 5.81. The number of para-hydroxylation sites is 2. The van der Waals surface area contributed by atoms with Crippen molar-refractivity contribution in [3.63, 3.8) is 0 Å². The van der Waals surface area contributed by atoms with E-state index in [0.717, 1.165) is 24.5 Å². The van der Waals surface area contributed by atoms with Gasteiger partial charge in [-0.05, 0) is 36.1 Å². The van der Waals surface area contributed by atoms with Crippen molar-refractivity contribution in [2.24, 2.45) is 5.41 Å². The van der Waals surface area contributed by atoms with E-state index >= 15 is 0 Å². The minimum Gasteiger partial charge on any atom is -0.491 e. The molecule has 19 heavy (non-hydrogen) atoms. The van der Waals surface area contributed by atoms with Crippen molar-refractivity contribution >= 4 is 17.4 Å². The molecule has 0 aliphatic carbocycles. The molecule has 0 aromatic heterocycles. The van der Waals surface area contributed by atoms with Crippen molar-refractivity contribution in [2.45, 2.75) is 39.7 Å². The third-order valence-electron chi connectivity index (χ3n) is 3.32. The van der Waals surface area contributed by atoms with Gasteiger partial charge < -0.3 is 10.1 Å². The topological polar surface area (TPSA) is 21.3 Å². The highest BCUT2D eigenvalue weighted by molar-refractivity contribution is 7.99. The van der Waals surface area contributed by atoms with Crippen LogP contribution in [0.1, 0.15) is 33.6 Å². The summed E-state index contributed by atoms with van der Waals surface area (Å²) in [5.41, 5.74) is 1.57. The van der Waals surface area contributed by atoms with Crippen LogP contribution in [0.5, 0.6) is 5.75 Å². The number of thioether (sulfide) groups is 1. The van der Waals surface area contributed by atoms with Crippen molar-refractivity contribution in [1.29, 1.82) is 0 Å². The predicted octanol–water partition coefficient (Wildman–Crippen LogP) is 4.42. The molecule has 1 aromatic rings. The van der Waals surface area contributed by atoms with Gasteiger partial charge in [0, 0.05) is 11.8 Å². The van der Waals surface area contributed by atoms with Crippen LogP contribution in [0, 0.1) is 5.41 Å². The lowest BCUT2D eigenvalue weighted by Gasteiger charge is -2.35. The number of hydrogen-bond acceptors (Lipinski definition) is 3. The summed E-state index contributed by atoms with van der Waals surface area (Å²) in [6.07, 6.45) is 2.27. The van der Waals surface area contributed by atoms with Gasteiger partial charge in [0.1, 0.15) is 5.75 Å². The number of benzene rings is 1. The predicted molar refractivity (Wildman–Crippen MR) is 85.4 cm³/mol. The Kier molecular flexibility index (Phi) is 5.03. The van der Waals surface area contributed by atoms with E-state index in [-0.39, 0.29) is 0 Å². The molecule has 1 aromatic carbocycles. The Labute approximate surface area is 121 Å². The summed E-state index contributed by atoms with van der Waals surface area (Å²) < 4.78 is 5.81. The zero-order valence-electron chi connectivity index (χ0n) is 12.2. The van der Waals surface area contributed by atoms with E-state index < -0.39 is 0 Å². The normalized spacial score (nSPS) is 21.9. The largest absolute Gasteiger partial charge is 0.491 e. The van der Waals surface area contributed by atoms with E-state index in [4.69, 9.17) is 4.74 Å². The molecule has 106 valence electrons. The maximum absolute atomic E-state index is 5.81. The summed E-state index contributed by atoms with van der Waals surface area (Å²) >= 11 is 2.05. The van der Waals surface area contributed by atoms with Crippen LogP contribution in [0.4, 0.5) is 5.69 Å². The lowest BCUT2D eigenvalue weighted by Crippen LogP contribution is -2.35. The van der Waals surface area contributed by atoms with Crippen LogP contribution in [0.15, 0.2) is 24.3 Å². The van der Waals surface area contributed by atoms with E-state index in [0.29, 0.717) is 11.5 Å². The summed E-state index contributed by atoms with van der Waals surface area (Å²) in [5.74, 6) is 3.43. The fourth-order valence-electron chi connectivity index (χ4n) is 2.50. The fourth-order valence-corrected chi connectivity index (χ4v) is 3.77. The van der Waals surface area contributed by atoms with Gasteiger partial charge in [-0.25, -0.2) is 0 Å². The van der Waals surface area contributed by atoms with E-state index in [2.05, 4.69) is 44.3 Å². The number of rotatable bonds is 5. The third-order valence-corrected chi connectivity index (χ3v) is 4.94. The zero-order chi connectivity index (χ0) is 13.7. The van der Waals surface area contributed by atoms with Crippen LogP contribution in [0.25, 0.3) is 0 Å². The number of anilines is 1. The summed E-state index contributed by atoms with van der Waals surface area (Å²) in [5, 5.41) is 3.67. The first-order valence-electron chi connectivity index (χ1n) is 7.17. The minimum atomic E-state index is 0.430. The molecule has 0 bridgehead atoms. The minimum absolute atomic E-state index is 0.430. The van der Waals surface area contributed by atoms with Gasteiger partial charge in [0.15, 0.2) is 0 Å². The quantitative estimate of drug-likeness (QED) is 0.862. The molecule has 0 saturated carbocycles. The van der Waals surface area contributed by atoms with Crippen molar-refractivity contribution in [3.05, 3.63) is 24.3 Å². The molecule has 1 heterocycles. The van der Waals surface area contributed by atoms with Crippen LogP contribution >= 0.6 is 11.8 Å². The molecule has 1 N–H and O–H groups in total. The summed E-state index contributed by atoms with van der Waals surface area (Å²) in [4.78, 5) is 0. The zero-order valence-corrected chi connectivity index (χ0v) is 13.1. The van der Waals surface area contributed by atoms with Crippen molar-refractivity contribution < 1.29 is 4.74 Å². The summed E-state index contributed by atoms with van der Waals surface area (Å²) in [7, 11) is 0. The van der Waals surface area contributed by atoms with Crippen molar-refractivity contribution in [1.82, 2.24) is 0 Å². The molecule has 0 spiro atoms. The van der Waals surface area contributed by atoms with Gasteiger partial charge >= 0.3 is 0 Å². The highest BCUT2D eigenvalue weighted by Crippen LogP contribution is 2.36. The Bertz CT molecular complexity index is 405. The number of hydrogen-bond donors (Lipinski definition) is 1. The highest BCUT2D eigenvalue weighted by Gasteiger charge is 2.28. The molecular formula is C16H25NOS. The Hall–Kier alpha value is -0.830. The van der Waals surface area contributed by atoms with Gasteiger partial charge in [0.25, 0.3) is 0 Å². The third kappa shape index (κ3) is 4.34. The Morgan fingerprint density at radius 3 is 2.89 bits per heavy atom. The Balaban J connectivity index is 2.02. The lowest BCUT2D eigenvalue weighted by atomic mass is 9.88. The smallest absolute Gasteiger partial charge is 0.142 e. The van der Waals surface area contributed by atoms with Crippen LogP contribution < -0.4 is 10.1 Å².